The summed E-state index contributed by atoms with van der Waals surface area (Å²) in [4.78, 5) is 7.27. The molecule has 0 amide bonds. The minimum atomic E-state index is -3.27. The molecule has 6 heteroatoms. The van der Waals surface area contributed by atoms with Gasteiger partial charge >= 0.3 is 0 Å². The Morgan fingerprint density at radius 2 is 2.05 bits per heavy atom. The first kappa shape index (κ1) is 14.5. The van der Waals surface area contributed by atoms with Gasteiger partial charge in [-0.3, -0.25) is 0 Å². The van der Waals surface area contributed by atoms with Gasteiger partial charge in [0, 0.05) is 0 Å². The van der Waals surface area contributed by atoms with Crippen molar-refractivity contribution in [3.05, 3.63) is 30.1 Å². The van der Waals surface area contributed by atoms with Crippen molar-refractivity contribution in [3.63, 3.8) is 0 Å². The summed E-state index contributed by atoms with van der Waals surface area (Å²) in [6, 6.07) is 9.53. The van der Waals surface area contributed by atoms with Gasteiger partial charge in [0.15, 0.2) is 9.84 Å². The number of rotatable bonds is 5. The number of fused-ring (bicyclic) bond motifs is 1. The molecule has 0 bridgehead atoms. The Labute approximate surface area is 118 Å². The molecule has 2 aromatic rings. The zero-order chi connectivity index (χ0) is 14.8. The number of aromatic nitrogens is 2. The molecule has 0 radical (unpaired) electrons. The van der Waals surface area contributed by atoms with Crippen molar-refractivity contribution >= 4 is 20.9 Å². The summed E-state index contributed by atoms with van der Waals surface area (Å²) in [5.74, 6) is 0.314. The fourth-order valence-electron chi connectivity index (χ4n) is 1.82. The standard InChI is InChI=1S/C14H17N3O2S/c1-14(2,10-15)7-8-20(18,19)9-13-16-11-5-3-4-6-12(11)17-13/h3-6H,7-9H2,1-2H3,(H,16,17). The second-order valence-electron chi connectivity index (χ2n) is 5.54. The molecule has 0 aliphatic heterocycles. The highest BCUT2D eigenvalue weighted by atomic mass is 32.2. The molecule has 20 heavy (non-hydrogen) atoms. The normalized spacial score (nSPS) is 12.4. The molecule has 0 atom stereocenters. The van der Waals surface area contributed by atoms with Gasteiger partial charge in [-0.2, -0.15) is 5.26 Å². The summed E-state index contributed by atoms with van der Waals surface area (Å²) in [6.07, 6.45) is 0.325. The Kier molecular flexibility index (Phi) is 3.82. The summed E-state index contributed by atoms with van der Waals surface area (Å²) < 4.78 is 24.1. The highest BCUT2D eigenvalue weighted by Crippen LogP contribution is 2.20. The topological polar surface area (TPSA) is 86.6 Å². The second-order valence-corrected chi connectivity index (χ2v) is 7.72. The Balaban J connectivity index is 2.10. The molecule has 0 fully saturated rings. The number of sulfone groups is 1. The maximum atomic E-state index is 12.1. The van der Waals surface area contributed by atoms with Gasteiger partial charge in [0.25, 0.3) is 0 Å². The molecule has 0 unspecified atom stereocenters. The molecular formula is C14H17N3O2S. The summed E-state index contributed by atoms with van der Waals surface area (Å²) in [7, 11) is -3.27. The zero-order valence-electron chi connectivity index (χ0n) is 11.5. The summed E-state index contributed by atoms with van der Waals surface area (Å²) in [6.45, 7) is 3.48. The summed E-state index contributed by atoms with van der Waals surface area (Å²) in [5.41, 5.74) is 0.964. The molecular weight excluding hydrogens is 274 g/mol. The molecule has 1 aromatic heterocycles. The molecule has 2 rings (SSSR count). The molecule has 1 aromatic carbocycles. The minimum Gasteiger partial charge on any atom is -0.341 e. The minimum absolute atomic E-state index is 0.00932. The quantitative estimate of drug-likeness (QED) is 0.916. The number of aromatic amines is 1. The van der Waals surface area contributed by atoms with E-state index >= 15 is 0 Å². The van der Waals surface area contributed by atoms with Crippen LogP contribution in [-0.2, 0) is 15.6 Å². The van der Waals surface area contributed by atoms with Crippen molar-refractivity contribution in [1.29, 1.82) is 5.26 Å². The van der Waals surface area contributed by atoms with E-state index in [1.54, 1.807) is 13.8 Å². The van der Waals surface area contributed by atoms with Crippen molar-refractivity contribution in [3.8, 4) is 6.07 Å². The van der Waals surface area contributed by atoms with Crippen LogP contribution in [0.3, 0.4) is 0 Å². The van der Waals surface area contributed by atoms with E-state index in [0.29, 0.717) is 12.2 Å². The van der Waals surface area contributed by atoms with Gasteiger partial charge in [0.2, 0.25) is 0 Å². The number of nitrogens with zero attached hydrogens (tertiary/aromatic N) is 2. The highest BCUT2D eigenvalue weighted by molar-refractivity contribution is 7.90. The molecule has 1 N–H and O–H groups in total. The average molecular weight is 291 g/mol. The van der Waals surface area contributed by atoms with Gasteiger partial charge in [-0.05, 0) is 32.4 Å². The monoisotopic (exact) mass is 291 g/mol. The highest BCUT2D eigenvalue weighted by Gasteiger charge is 2.22. The Morgan fingerprint density at radius 1 is 1.35 bits per heavy atom. The van der Waals surface area contributed by atoms with Crippen LogP contribution >= 0.6 is 0 Å². The van der Waals surface area contributed by atoms with Gasteiger partial charge in [-0.15, -0.1) is 0 Å². The smallest absolute Gasteiger partial charge is 0.157 e. The molecule has 1 heterocycles. The van der Waals surface area contributed by atoms with Crippen molar-refractivity contribution in [1.82, 2.24) is 9.97 Å². The zero-order valence-corrected chi connectivity index (χ0v) is 12.4. The van der Waals surface area contributed by atoms with Crippen molar-refractivity contribution in [2.24, 2.45) is 5.41 Å². The third-order valence-electron chi connectivity index (χ3n) is 3.14. The number of hydrogen-bond acceptors (Lipinski definition) is 4. The van der Waals surface area contributed by atoms with E-state index in [1.807, 2.05) is 24.3 Å². The molecule has 5 nitrogen and oxygen atoms in total. The third-order valence-corrected chi connectivity index (χ3v) is 4.68. The molecule has 0 aliphatic rings. The number of nitrogens with one attached hydrogen (secondary N) is 1. The van der Waals surface area contributed by atoms with E-state index in [9.17, 15) is 8.42 Å². The summed E-state index contributed by atoms with van der Waals surface area (Å²) >= 11 is 0. The SMILES string of the molecule is CC(C)(C#N)CCS(=O)(=O)Cc1nc2ccccc2[nH]1. The lowest BCUT2D eigenvalue weighted by Gasteiger charge is -2.14. The number of H-pyrrole nitrogens is 1. The van der Waals surface area contributed by atoms with E-state index in [4.69, 9.17) is 5.26 Å². The van der Waals surface area contributed by atoms with Crippen LogP contribution in [-0.4, -0.2) is 24.1 Å². The van der Waals surface area contributed by atoms with Crippen LogP contribution in [0, 0.1) is 16.7 Å². The van der Waals surface area contributed by atoms with E-state index in [2.05, 4.69) is 16.0 Å². The Bertz CT molecular complexity index is 721. The number of benzene rings is 1. The average Bonchev–Trinajstić information content (AvgIpc) is 2.78. The van der Waals surface area contributed by atoms with Crippen LogP contribution in [0.25, 0.3) is 11.0 Å². The number of hydrogen-bond donors (Lipinski definition) is 1. The Hall–Kier alpha value is -1.87. The van der Waals surface area contributed by atoms with Crippen molar-refractivity contribution in [2.75, 3.05) is 5.75 Å². The van der Waals surface area contributed by atoms with Crippen LogP contribution in [0.4, 0.5) is 0 Å². The lowest BCUT2D eigenvalue weighted by Crippen LogP contribution is -2.17. The van der Waals surface area contributed by atoms with Crippen LogP contribution in [0.2, 0.25) is 0 Å². The number of para-hydroxylation sites is 2. The second kappa shape index (κ2) is 5.25. The van der Waals surface area contributed by atoms with Crippen LogP contribution in [0.15, 0.2) is 24.3 Å². The lowest BCUT2D eigenvalue weighted by atomic mass is 9.93. The first-order valence-corrected chi connectivity index (χ1v) is 8.19. The van der Waals surface area contributed by atoms with E-state index in [1.165, 1.54) is 0 Å². The van der Waals surface area contributed by atoms with Gasteiger partial charge < -0.3 is 4.98 Å². The van der Waals surface area contributed by atoms with Crippen molar-refractivity contribution < 1.29 is 8.42 Å². The first-order chi connectivity index (χ1) is 9.31. The van der Waals surface area contributed by atoms with Crippen molar-refractivity contribution in [2.45, 2.75) is 26.0 Å². The van der Waals surface area contributed by atoms with E-state index in [-0.39, 0.29) is 11.5 Å². The maximum absolute atomic E-state index is 12.1. The molecule has 0 saturated carbocycles. The molecule has 0 spiro atoms. The van der Waals surface area contributed by atoms with Gasteiger partial charge in [-0.1, -0.05) is 12.1 Å². The predicted molar refractivity (Wildman–Crippen MR) is 77.6 cm³/mol. The number of nitriles is 1. The van der Waals surface area contributed by atoms with Crippen LogP contribution in [0.5, 0.6) is 0 Å². The third kappa shape index (κ3) is 3.58. The van der Waals surface area contributed by atoms with Gasteiger partial charge in [-0.25, -0.2) is 13.4 Å². The lowest BCUT2D eigenvalue weighted by molar-refractivity contribution is 0.473. The van der Waals surface area contributed by atoms with Gasteiger partial charge in [0.05, 0.1) is 28.3 Å². The van der Waals surface area contributed by atoms with Crippen LogP contribution < -0.4 is 0 Å². The van der Waals surface area contributed by atoms with Gasteiger partial charge in [0.1, 0.15) is 11.6 Å². The predicted octanol–water partition coefficient (Wildman–Crippen LogP) is 2.42. The Morgan fingerprint density at radius 3 is 2.70 bits per heavy atom. The maximum Gasteiger partial charge on any atom is 0.157 e. The number of imidazole rings is 1. The van der Waals surface area contributed by atoms with E-state index in [0.717, 1.165) is 11.0 Å². The summed E-state index contributed by atoms with van der Waals surface area (Å²) in [5, 5.41) is 8.91. The fourth-order valence-corrected chi connectivity index (χ4v) is 3.34. The van der Waals surface area contributed by atoms with E-state index < -0.39 is 15.3 Å². The molecule has 0 aliphatic carbocycles. The molecule has 106 valence electrons. The first-order valence-electron chi connectivity index (χ1n) is 6.37. The molecule has 0 saturated heterocycles. The van der Waals surface area contributed by atoms with Crippen LogP contribution in [0.1, 0.15) is 26.1 Å². The fraction of sp³-hybridized carbons (Fsp3) is 0.429. The largest absolute Gasteiger partial charge is 0.341 e.